The summed E-state index contributed by atoms with van der Waals surface area (Å²) in [4.78, 5) is 0. The van der Waals surface area contributed by atoms with Crippen molar-refractivity contribution >= 4 is 0 Å². The van der Waals surface area contributed by atoms with Crippen molar-refractivity contribution in [2.45, 2.75) is 26.2 Å². The van der Waals surface area contributed by atoms with Crippen molar-refractivity contribution in [3.8, 4) is 50.6 Å². The van der Waals surface area contributed by atoms with E-state index < -0.39 is 0 Å². The van der Waals surface area contributed by atoms with Gasteiger partial charge in [0, 0.05) is 5.41 Å². The Balaban J connectivity index is 1.10. The Hall–Kier alpha value is -5.08. The van der Waals surface area contributed by atoms with Gasteiger partial charge in [0.15, 0.2) is 0 Å². The van der Waals surface area contributed by atoms with Gasteiger partial charge in [0.25, 0.3) is 0 Å². The van der Waals surface area contributed by atoms with E-state index in [9.17, 15) is 0 Å². The van der Waals surface area contributed by atoms with E-state index in [1.54, 1.807) is 7.11 Å². The number of hydrogen-bond donors (Lipinski definition) is 0. The van der Waals surface area contributed by atoms with Gasteiger partial charge >= 0.3 is 0 Å². The molecule has 0 atom stereocenters. The number of ether oxygens (including phenoxy) is 2. The predicted octanol–water partition coefficient (Wildman–Crippen LogP) is 11.1. The van der Waals surface area contributed by atoms with Crippen LogP contribution in [0, 0.1) is 6.92 Å². The minimum Gasteiger partial charge on any atom is -0.497 e. The van der Waals surface area contributed by atoms with Crippen LogP contribution in [-0.4, -0.2) is 7.11 Å². The SMILES string of the molecule is COc1ccc(C(C)(C)c2ccc(Oc3ccc(-c4ccc(-c5ccc(-c6ccc(C)cc6)cc5)cc4)cc3)cc2)cc1. The Labute approximate surface area is 255 Å². The molecule has 0 aliphatic rings. The van der Waals surface area contributed by atoms with Crippen LogP contribution in [0.1, 0.15) is 30.5 Å². The second-order valence-corrected chi connectivity index (χ2v) is 11.5. The van der Waals surface area contributed by atoms with Gasteiger partial charge < -0.3 is 9.47 Å². The molecule has 6 aromatic rings. The summed E-state index contributed by atoms with van der Waals surface area (Å²) in [5.41, 5.74) is 10.8. The Morgan fingerprint density at radius 1 is 0.372 bits per heavy atom. The zero-order valence-corrected chi connectivity index (χ0v) is 25.2. The predicted molar refractivity (Wildman–Crippen MR) is 179 cm³/mol. The average molecular weight is 561 g/mol. The summed E-state index contributed by atoms with van der Waals surface area (Å²) in [6.07, 6.45) is 0. The molecule has 0 fully saturated rings. The molecule has 0 saturated heterocycles. The molecule has 6 rings (SSSR count). The van der Waals surface area contributed by atoms with E-state index in [1.807, 2.05) is 36.4 Å². The molecule has 0 amide bonds. The second-order valence-electron chi connectivity index (χ2n) is 11.5. The molecule has 43 heavy (non-hydrogen) atoms. The van der Waals surface area contributed by atoms with Crippen molar-refractivity contribution in [3.63, 3.8) is 0 Å². The van der Waals surface area contributed by atoms with E-state index in [-0.39, 0.29) is 5.41 Å². The fraction of sp³-hybridized carbons (Fsp3) is 0.122. The van der Waals surface area contributed by atoms with Gasteiger partial charge in [0.05, 0.1) is 7.11 Å². The number of rotatable bonds is 8. The number of hydrogen-bond acceptors (Lipinski definition) is 2. The van der Waals surface area contributed by atoms with Crippen molar-refractivity contribution in [3.05, 3.63) is 162 Å². The van der Waals surface area contributed by atoms with Gasteiger partial charge in [-0.15, -0.1) is 0 Å². The highest BCUT2D eigenvalue weighted by Gasteiger charge is 2.23. The maximum absolute atomic E-state index is 6.18. The molecule has 6 aromatic carbocycles. The smallest absolute Gasteiger partial charge is 0.127 e. The van der Waals surface area contributed by atoms with E-state index >= 15 is 0 Å². The number of methoxy groups -OCH3 is 1. The molecule has 0 N–H and O–H groups in total. The van der Waals surface area contributed by atoms with Gasteiger partial charge in [-0.1, -0.05) is 129 Å². The minimum atomic E-state index is -0.132. The van der Waals surface area contributed by atoms with Crippen molar-refractivity contribution < 1.29 is 9.47 Å². The molecule has 0 aliphatic heterocycles. The largest absolute Gasteiger partial charge is 0.497 e. The first-order chi connectivity index (χ1) is 20.9. The normalized spacial score (nSPS) is 11.3. The van der Waals surface area contributed by atoms with E-state index in [0.717, 1.165) is 22.8 Å². The third kappa shape index (κ3) is 6.24. The lowest BCUT2D eigenvalue weighted by Gasteiger charge is -2.26. The van der Waals surface area contributed by atoms with E-state index in [4.69, 9.17) is 9.47 Å². The molecule has 0 aromatic heterocycles. The first kappa shape index (κ1) is 28.1. The van der Waals surface area contributed by atoms with Crippen LogP contribution in [0.3, 0.4) is 0 Å². The summed E-state index contributed by atoms with van der Waals surface area (Å²) < 4.78 is 11.5. The van der Waals surface area contributed by atoms with Crippen LogP contribution >= 0.6 is 0 Å². The molecule has 0 bridgehead atoms. The van der Waals surface area contributed by atoms with Crippen LogP contribution in [0.2, 0.25) is 0 Å². The first-order valence-electron chi connectivity index (χ1n) is 14.7. The van der Waals surface area contributed by atoms with Crippen LogP contribution in [0.4, 0.5) is 0 Å². The summed E-state index contributed by atoms with van der Waals surface area (Å²) >= 11 is 0. The summed E-state index contributed by atoms with van der Waals surface area (Å²) in [6.45, 7) is 6.58. The Morgan fingerprint density at radius 2 is 0.651 bits per heavy atom. The molecule has 0 unspecified atom stereocenters. The van der Waals surface area contributed by atoms with Gasteiger partial charge in [0.2, 0.25) is 0 Å². The zero-order chi connectivity index (χ0) is 29.8. The monoisotopic (exact) mass is 560 g/mol. The zero-order valence-electron chi connectivity index (χ0n) is 25.2. The van der Waals surface area contributed by atoms with Crippen molar-refractivity contribution in [1.29, 1.82) is 0 Å². The van der Waals surface area contributed by atoms with Crippen LogP contribution < -0.4 is 9.47 Å². The molecule has 0 saturated carbocycles. The highest BCUT2D eigenvalue weighted by Crippen LogP contribution is 2.35. The molecule has 212 valence electrons. The van der Waals surface area contributed by atoms with Gasteiger partial charge in [0.1, 0.15) is 17.2 Å². The second kappa shape index (κ2) is 12.0. The number of benzene rings is 6. The fourth-order valence-electron chi connectivity index (χ4n) is 5.42. The molecule has 2 nitrogen and oxygen atoms in total. The van der Waals surface area contributed by atoms with Gasteiger partial charge in [-0.25, -0.2) is 0 Å². The standard InChI is InChI=1S/C41H36O2/c1-29-5-7-30(8-6-29)31-9-11-32(12-10-31)33-13-15-34(16-14-33)35-17-23-39(24-18-35)43-40-27-21-37(22-28-40)41(2,3)36-19-25-38(42-4)26-20-36/h5-28H,1-4H3. The van der Waals surface area contributed by atoms with E-state index in [2.05, 4.69) is 130 Å². The lowest BCUT2D eigenvalue weighted by molar-refractivity contribution is 0.414. The van der Waals surface area contributed by atoms with Crippen molar-refractivity contribution in [2.24, 2.45) is 0 Å². The quantitative estimate of drug-likeness (QED) is 0.184. The molecule has 2 heteroatoms. The van der Waals surface area contributed by atoms with Crippen LogP contribution in [0.25, 0.3) is 33.4 Å². The lowest BCUT2D eigenvalue weighted by Crippen LogP contribution is -2.18. The summed E-state index contributed by atoms with van der Waals surface area (Å²) in [6, 6.07) is 51.1. The fourth-order valence-corrected chi connectivity index (χ4v) is 5.42. The Kier molecular flexibility index (Phi) is 7.85. The maximum Gasteiger partial charge on any atom is 0.127 e. The highest BCUT2D eigenvalue weighted by atomic mass is 16.5. The highest BCUT2D eigenvalue weighted by molar-refractivity contribution is 5.73. The van der Waals surface area contributed by atoms with Gasteiger partial charge in [-0.3, -0.25) is 0 Å². The Morgan fingerprint density at radius 3 is 1.00 bits per heavy atom. The summed E-state index contributed by atoms with van der Waals surface area (Å²) in [5, 5.41) is 0. The molecule has 0 radical (unpaired) electrons. The summed E-state index contributed by atoms with van der Waals surface area (Å²) in [7, 11) is 1.69. The topological polar surface area (TPSA) is 18.5 Å². The molecular formula is C41H36O2. The third-order valence-electron chi connectivity index (χ3n) is 8.30. The maximum atomic E-state index is 6.18. The van der Waals surface area contributed by atoms with Crippen LogP contribution in [0.5, 0.6) is 17.2 Å². The third-order valence-corrected chi connectivity index (χ3v) is 8.30. The van der Waals surface area contributed by atoms with Crippen molar-refractivity contribution in [1.82, 2.24) is 0 Å². The molecular weight excluding hydrogens is 524 g/mol. The number of aryl methyl sites for hydroxylation is 1. The van der Waals surface area contributed by atoms with E-state index in [1.165, 1.54) is 44.5 Å². The van der Waals surface area contributed by atoms with Gasteiger partial charge in [-0.2, -0.15) is 0 Å². The van der Waals surface area contributed by atoms with Crippen LogP contribution in [0.15, 0.2) is 146 Å². The average Bonchev–Trinajstić information content (AvgIpc) is 3.06. The first-order valence-corrected chi connectivity index (χ1v) is 14.7. The van der Waals surface area contributed by atoms with Gasteiger partial charge in [-0.05, 0) is 87.8 Å². The molecule has 0 spiro atoms. The summed E-state index contributed by atoms with van der Waals surface area (Å²) in [5.74, 6) is 2.50. The van der Waals surface area contributed by atoms with Crippen LogP contribution in [-0.2, 0) is 5.41 Å². The minimum absolute atomic E-state index is 0.132. The lowest BCUT2D eigenvalue weighted by atomic mass is 9.78. The molecule has 0 heterocycles. The van der Waals surface area contributed by atoms with Crippen molar-refractivity contribution in [2.75, 3.05) is 7.11 Å². The molecule has 0 aliphatic carbocycles. The van der Waals surface area contributed by atoms with E-state index in [0.29, 0.717) is 0 Å². The Bertz CT molecular complexity index is 1780.